The number of amides is 1. The van der Waals surface area contributed by atoms with Crippen LogP contribution in [0.1, 0.15) is 5.56 Å². The van der Waals surface area contributed by atoms with Gasteiger partial charge in [0.25, 0.3) is 5.91 Å². The van der Waals surface area contributed by atoms with Gasteiger partial charge in [0.1, 0.15) is 17.3 Å². The Morgan fingerprint density at radius 1 is 1.24 bits per heavy atom. The topological polar surface area (TPSA) is 51.7 Å². The number of hydrogen-bond donors (Lipinski definition) is 0. The number of halogens is 1. The number of ether oxygens (including phenoxy) is 2. The maximum absolute atomic E-state index is 12.7. The van der Waals surface area contributed by atoms with Gasteiger partial charge in [0.2, 0.25) is 0 Å². The summed E-state index contributed by atoms with van der Waals surface area (Å²) in [5.74, 6) is 1.49. The van der Waals surface area contributed by atoms with Crippen LogP contribution in [-0.2, 0) is 4.79 Å². The van der Waals surface area contributed by atoms with Crippen LogP contribution in [0.25, 0.3) is 6.08 Å². The van der Waals surface area contributed by atoms with Crippen molar-refractivity contribution in [1.82, 2.24) is 4.98 Å². The van der Waals surface area contributed by atoms with Crippen molar-refractivity contribution in [3.63, 3.8) is 0 Å². The highest BCUT2D eigenvalue weighted by atomic mass is 35.5. The van der Waals surface area contributed by atoms with Crippen LogP contribution in [0.2, 0.25) is 5.02 Å². The van der Waals surface area contributed by atoms with Gasteiger partial charge in [0, 0.05) is 17.8 Å². The van der Waals surface area contributed by atoms with Gasteiger partial charge in [-0.1, -0.05) is 35.6 Å². The quantitative estimate of drug-likeness (QED) is 0.575. The first-order chi connectivity index (χ1) is 12.0. The normalized spacial score (nSPS) is 15.8. The molecule has 0 atom stereocenters. The Morgan fingerprint density at radius 2 is 2.04 bits per heavy atom. The molecule has 8 heteroatoms. The zero-order valence-corrected chi connectivity index (χ0v) is 15.7. The molecule has 1 aromatic heterocycles. The van der Waals surface area contributed by atoms with Gasteiger partial charge in [-0.15, -0.1) is 0 Å². The zero-order valence-electron chi connectivity index (χ0n) is 13.4. The van der Waals surface area contributed by atoms with E-state index in [-0.39, 0.29) is 5.91 Å². The molecule has 0 N–H and O–H groups in total. The summed E-state index contributed by atoms with van der Waals surface area (Å²) in [4.78, 5) is 18.8. The summed E-state index contributed by atoms with van der Waals surface area (Å²) in [7, 11) is 3.15. The van der Waals surface area contributed by atoms with Crippen molar-refractivity contribution in [2.24, 2.45) is 0 Å². The highest BCUT2D eigenvalue weighted by molar-refractivity contribution is 8.27. The van der Waals surface area contributed by atoms with E-state index in [1.54, 1.807) is 44.6 Å². The molecule has 0 bridgehead atoms. The molecule has 1 amide bonds. The number of aromatic nitrogens is 1. The Bertz CT molecular complexity index is 869. The van der Waals surface area contributed by atoms with Crippen LogP contribution < -0.4 is 14.4 Å². The third kappa shape index (κ3) is 3.63. The second-order valence-electron chi connectivity index (χ2n) is 4.96. The van der Waals surface area contributed by atoms with Crippen LogP contribution in [0, 0.1) is 0 Å². The Kier molecular flexibility index (Phi) is 5.27. The Balaban J connectivity index is 1.94. The lowest BCUT2D eigenvalue weighted by Crippen LogP contribution is -2.28. The molecule has 2 aromatic rings. The largest absolute Gasteiger partial charge is 0.497 e. The summed E-state index contributed by atoms with van der Waals surface area (Å²) in [6.45, 7) is 0. The van der Waals surface area contributed by atoms with Crippen molar-refractivity contribution in [2.75, 3.05) is 19.1 Å². The lowest BCUT2D eigenvalue weighted by atomic mass is 10.1. The SMILES string of the molecule is COc1ccc(/C=C2\SC(=S)N(c3ccc(Cl)cn3)C2=O)c(OC)c1. The summed E-state index contributed by atoms with van der Waals surface area (Å²) >= 11 is 12.4. The predicted octanol–water partition coefficient (Wildman–Crippen LogP) is 4.16. The average Bonchev–Trinajstić information content (AvgIpc) is 2.90. The van der Waals surface area contributed by atoms with Gasteiger partial charge in [-0.2, -0.15) is 0 Å². The number of thiocarbonyl (C=S) groups is 1. The molecule has 128 valence electrons. The summed E-state index contributed by atoms with van der Waals surface area (Å²) in [5, 5.41) is 0.493. The van der Waals surface area contributed by atoms with Crippen molar-refractivity contribution < 1.29 is 14.3 Å². The Hall–Kier alpha value is -2.09. The fourth-order valence-corrected chi connectivity index (χ4v) is 3.62. The van der Waals surface area contributed by atoms with E-state index in [4.69, 9.17) is 33.3 Å². The van der Waals surface area contributed by atoms with Crippen LogP contribution in [0.4, 0.5) is 5.82 Å². The lowest BCUT2D eigenvalue weighted by Gasteiger charge is -2.12. The van der Waals surface area contributed by atoms with E-state index in [9.17, 15) is 4.79 Å². The maximum atomic E-state index is 12.7. The molecule has 3 rings (SSSR count). The van der Waals surface area contributed by atoms with E-state index >= 15 is 0 Å². The molecular formula is C17H13ClN2O3S2. The van der Waals surface area contributed by atoms with E-state index in [1.165, 1.54) is 22.9 Å². The van der Waals surface area contributed by atoms with Gasteiger partial charge >= 0.3 is 0 Å². The van der Waals surface area contributed by atoms with Crippen LogP contribution in [0.5, 0.6) is 11.5 Å². The van der Waals surface area contributed by atoms with Crippen molar-refractivity contribution in [3.05, 3.63) is 52.0 Å². The van der Waals surface area contributed by atoms with E-state index < -0.39 is 0 Å². The molecule has 0 saturated carbocycles. The number of hydrogen-bond acceptors (Lipinski definition) is 6. The van der Waals surface area contributed by atoms with Crippen molar-refractivity contribution in [2.45, 2.75) is 0 Å². The Labute approximate surface area is 159 Å². The van der Waals surface area contributed by atoms with Gasteiger partial charge < -0.3 is 9.47 Å². The molecule has 1 aliphatic rings. The fourth-order valence-electron chi connectivity index (χ4n) is 2.24. The number of methoxy groups -OCH3 is 2. The fraction of sp³-hybridized carbons (Fsp3) is 0.118. The minimum absolute atomic E-state index is 0.234. The van der Waals surface area contributed by atoms with Gasteiger partial charge in [-0.05, 0) is 30.3 Å². The van der Waals surface area contributed by atoms with E-state index in [0.717, 1.165) is 5.56 Å². The first-order valence-corrected chi connectivity index (χ1v) is 8.75. The minimum atomic E-state index is -0.234. The first kappa shape index (κ1) is 17.7. The van der Waals surface area contributed by atoms with Gasteiger partial charge in [-0.25, -0.2) is 9.88 Å². The number of anilines is 1. The first-order valence-electron chi connectivity index (χ1n) is 7.15. The molecule has 0 spiro atoms. The number of carbonyl (C=O) groups excluding carboxylic acids is 1. The highest BCUT2D eigenvalue weighted by Gasteiger charge is 2.34. The molecule has 0 radical (unpaired) electrons. The van der Waals surface area contributed by atoms with Gasteiger partial charge in [-0.3, -0.25) is 4.79 Å². The lowest BCUT2D eigenvalue weighted by molar-refractivity contribution is -0.113. The molecule has 1 aromatic carbocycles. The number of rotatable bonds is 4. The molecule has 0 aliphatic carbocycles. The number of benzene rings is 1. The maximum Gasteiger partial charge on any atom is 0.271 e. The second kappa shape index (κ2) is 7.43. The smallest absolute Gasteiger partial charge is 0.271 e. The van der Waals surface area contributed by atoms with Crippen molar-refractivity contribution in [3.8, 4) is 11.5 Å². The van der Waals surface area contributed by atoms with Crippen LogP contribution in [0.15, 0.2) is 41.4 Å². The molecule has 1 fully saturated rings. The summed E-state index contributed by atoms with van der Waals surface area (Å²) in [5.41, 5.74) is 0.757. The molecule has 0 unspecified atom stereocenters. The van der Waals surface area contributed by atoms with Crippen molar-refractivity contribution >= 4 is 57.7 Å². The van der Waals surface area contributed by atoms with E-state index in [2.05, 4.69) is 4.98 Å². The zero-order chi connectivity index (χ0) is 18.0. The number of carbonyl (C=O) groups is 1. The molecule has 1 saturated heterocycles. The molecule has 5 nitrogen and oxygen atoms in total. The van der Waals surface area contributed by atoms with Crippen LogP contribution >= 0.6 is 35.6 Å². The Morgan fingerprint density at radius 3 is 2.68 bits per heavy atom. The summed E-state index contributed by atoms with van der Waals surface area (Å²) in [6.07, 6.45) is 3.22. The highest BCUT2D eigenvalue weighted by Crippen LogP contribution is 2.37. The summed E-state index contributed by atoms with van der Waals surface area (Å²) in [6, 6.07) is 8.70. The predicted molar refractivity (Wildman–Crippen MR) is 104 cm³/mol. The second-order valence-corrected chi connectivity index (χ2v) is 7.07. The van der Waals surface area contributed by atoms with Crippen molar-refractivity contribution in [1.29, 1.82) is 0 Å². The monoisotopic (exact) mass is 392 g/mol. The summed E-state index contributed by atoms with van der Waals surface area (Å²) < 4.78 is 11.0. The third-order valence-electron chi connectivity index (χ3n) is 3.46. The standard InChI is InChI=1S/C17H13ClN2O3S2/c1-22-12-5-3-10(13(8-12)23-2)7-14-16(21)20(17(24)25-14)15-6-4-11(18)9-19-15/h3-9H,1-2H3/b14-7-. The molecule has 2 heterocycles. The van der Waals surface area contributed by atoms with Crippen LogP contribution in [-0.4, -0.2) is 29.4 Å². The third-order valence-corrected chi connectivity index (χ3v) is 4.99. The molecule has 1 aliphatic heterocycles. The molecule has 25 heavy (non-hydrogen) atoms. The number of nitrogens with zero attached hydrogens (tertiary/aromatic N) is 2. The van der Waals surface area contributed by atoms with Gasteiger partial charge in [0.15, 0.2) is 4.32 Å². The average molecular weight is 393 g/mol. The number of thioether (sulfide) groups is 1. The van der Waals surface area contributed by atoms with E-state index in [1.807, 2.05) is 6.07 Å². The van der Waals surface area contributed by atoms with Crippen LogP contribution in [0.3, 0.4) is 0 Å². The van der Waals surface area contributed by atoms with Gasteiger partial charge in [0.05, 0.1) is 24.1 Å². The minimum Gasteiger partial charge on any atom is -0.497 e. The molecular weight excluding hydrogens is 380 g/mol. The van der Waals surface area contributed by atoms with E-state index in [0.29, 0.717) is 31.6 Å². The number of pyridine rings is 1.